The zero-order chi connectivity index (χ0) is 83.9. The van der Waals surface area contributed by atoms with E-state index in [-0.39, 0.29) is 18.6 Å². The van der Waals surface area contributed by atoms with Crippen LogP contribution in [0.2, 0.25) is 0 Å². The molecule has 4 saturated heterocycles. The van der Waals surface area contributed by atoms with Crippen molar-refractivity contribution in [2.45, 2.75) is 244 Å². The molecule has 116 heavy (non-hydrogen) atoms. The Morgan fingerprint density at radius 2 is 0.681 bits per heavy atom. The van der Waals surface area contributed by atoms with E-state index in [1.165, 1.54) is 107 Å². The second-order valence-corrected chi connectivity index (χ2v) is 38.4. The van der Waals surface area contributed by atoms with Crippen molar-refractivity contribution in [2.24, 2.45) is 71.0 Å². The van der Waals surface area contributed by atoms with E-state index < -0.39 is 0 Å². The molecule has 0 radical (unpaired) electrons. The van der Waals surface area contributed by atoms with Gasteiger partial charge in [-0.15, -0.1) is 0 Å². The molecule has 0 amide bonds. The molecule has 648 valence electrons. The number of ether oxygens (including phenoxy) is 4. The van der Waals surface area contributed by atoms with E-state index in [2.05, 4.69) is 276 Å². The highest BCUT2D eigenvalue weighted by atomic mass is 16.6. The molecule has 2 aromatic carbocycles. The van der Waals surface area contributed by atoms with Crippen molar-refractivity contribution in [3.63, 3.8) is 0 Å². The summed E-state index contributed by atoms with van der Waals surface area (Å²) in [4.78, 5) is 0. The molecular weight excluding hydrogens is 1440 g/mol. The van der Waals surface area contributed by atoms with E-state index in [9.17, 15) is 20.8 Å². The van der Waals surface area contributed by atoms with E-state index in [4.69, 9.17) is 18.9 Å². The second kappa shape index (κ2) is 51.4. The van der Waals surface area contributed by atoms with Crippen molar-refractivity contribution in [3.05, 3.63) is 208 Å². The predicted octanol–water partition coefficient (Wildman–Crippen LogP) is 20.3. The van der Waals surface area contributed by atoms with Gasteiger partial charge in [0.2, 0.25) is 5.69 Å². The third-order valence-corrected chi connectivity index (χ3v) is 26.2. The monoisotopic (exact) mass is 1610 g/mol. The van der Waals surface area contributed by atoms with E-state index >= 15 is 0 Å². The molecule has 8 heterocycles. The summed E-state index contributed by atoms with van der Waals surface area (Å²) in [5.74, 6) is 10.8. The van der Waals surface area contributed by atoms with Crippen LogP contribution in [0.25, 0.3) is 5.69 Å². The number of hydrogen-bond donors (Lipinski definition) is 0. The Labute approximate surface area is 706 Å². The molecule has 4 aliphatic heterocycles. The molecule has 0 N–H and O–H groups in total. The van der Waals surface area contributed by atoms with Crippen LogP contribution in [0, 0.1) is 91.8 Å². The van der Waals surface area contributed by atoms with Crippen molar-refractivity contribution in [1.29, 1.82) is 0 Å². The number of morpholine rings is 4. The Morgan fingerprint density at radius 1 is 0.336 bits per heavy atom. The molecule has 16 nitrogen and oxygen atoms in total. The molecule has 4 aromatic heterocycles. The largest absolute Gasteiger partial charge is 0.633 e. The highest BCUT2D eigenvalue weighted by Crippen LogP contribution is 2.39. The summed E-state index contributed by atoms with van der Waals surface area (Å²) < 4.78 is 29.9. The summed E-state index contributed by atoms with van der Waals surface area (Å²) in [6, 6.07) is 43.6. The van der Waals surface area contributed by atoms with E-state index in [0.29, 0.717) is 141 Å². The summed E-state index contributed by atoms with van der Waals surface area (Å²) in [6.45, 7) is 50.6. The SMILES string of the molecule is CC(C)C1CCC(C[N+]2([O-])CCOCC2)C1.CC(C)C1CCC(C[N+]2([O-])CCOCC2)CC1.CC(C)C1CCC([n+]2ccccc2)C1.CC(C)C1CCC([n+]2ccccc2)CC1.CC(C)CC[N+]1([O-])CCOCC1.CC(C)C[n+]1ccccc1.CC(C)c1ccc(-[n+]2ccccc2)cc1.CC(C)c1ccc(C[N+]2([O-])CCOCC2)cc1. The Morgan fingerprint density at radius 3 is 1.09 bits per heavy atom. The van der Waals surface area contributed by atoms with Gasteiger partial charge in [0, 0.05) is 110 Å². The smallest absolute Gasteiger partial charge is 0.210 e. The van der Waals surface area contributed by atoms with E-state index in [0.717, 1.165) is 104 Å². The van der Waals surface area contributed by atoms with Crippen LogP contribution in [0.1, 0.15) is 248 Å². The first kappa shape index (κ1) is 97.7. The number of hydrogen-bond acceptors (Lipinski definition) is 8. The third-order valence-electron chi connectivity index (χ3n) is 26.2. The molecule has 0 bridgehead atoms. The molecule has 14 rings (SSSR count). The molecule has 4 saturated carbocycles. The van der Waals surface area contributed by atoms with Crippen molar-refractivity contribution < 1.29 is 55.8 Å². The number of aromatic nitrogens is 4. The second-order valence-electron chi connectivity index (χ2n) is 38.4. The Kier molecular flexibility index (Phi) is 43.2. The van der Waals surface area contributed by atoms with Crippen LogP contribution in [0.3, 0.4) is 0 Å². The van der Waals surface area contributed by atoms with Gasteiger partial charge in [-0.3, -0.25) is 0 Å². The van der Waals surface area contributed by atoms with Gasteiger partial charge in [0.05, 0.1) is 72.5 Å². The Balaban J connectivity index is 0.000000184. The van der Waals surface area contributed by atoms with Gasteiger partial charge in [-0.2, -0.15) is 4.57 Å². The van der Waals surface area contributed by atoms with Crippen LogP contribution in [-0.2, 0) is 32.0 Å². The predicted molar refractivity (Wildman–Crippen MR) is 475 cm³/mol. The summed E-state index contributed by atoms with van der Waals surface area (Å²) in [6.07, 6.45) is 36.9. The van der Waals surface area contributed by atoms with E-state index in [1.54, 1.807) is 0 Å². The average Bonchev–Trinajstić information content (AvgIpc) is 1.12. The Bertz CT molecular complexity index is 3460. The van der Waals surface area contributed by atoms with Crippen LogP contribution < -0.4 is 18.3 Å². The number of rotatable bonds is 20. The molecular formula is C100H164N8O8+4. The summed E-state index contributed by atoms with van der Waals surface area (Å²) in [7, 11) is 0. The van der Waals surface area contributed by atoms with Crippen LogP contribution in [0.15, 0.2) is 171 Å². The highest BCUT2D eigenvalue weighted by Gasteiger charge is 2.36. The van der Waals surface area contributed by atoms with Crippen molar-refractivity contribution in [2.75, 3.05) is 125 Å². The standard InChI is InChI=1S/C14H27NO2.C14H21NO2.C14H22N.C14H16N.C13H25NO2.C13H20N.C9H19NO2.C9H14N/c2*1-12(2)14-5-3-13(4-6-14)11-15(16)7-9-17-10-8-15;2*1-12(2)13-6-8-14(9-7-13)15-10-4-3-5-11-15;1-11(2)13-4-3-12(9-13)10-14(15)5-7-16-8-6-14;1-11(2)12-6-7-13(10-12)14-8-4-3-5-9-14;1-9(2)3-4-10(11)5-7-12-8-6-10;1-9(2)8-10-6-4-3-5-7-10/h12-14H,3-11H2,1-2H3;3-6,12H,7-11H2,1-2H3;3-5,10-14H,6-9H2,1-2H3;3-12H,1-2H3;11-13H,3-10H2,1-2H3;3-5,8-9,11-13H,6-7,10H2,1-2H3;9H,3-8H2,1-2H3;3-7,9H,8H2,1-2H3/q;;2*+1;;+1;;+1. The minimum atomic E-state index is -0.138. The fraction of sp³-hybridized carbons (Fsp3) is 0.680. The lowest BCUT2D eigenvalue weighted by Gasteiger charge is -2.48. The molecule has 8 aliphatic rings. The van der Waals surface area contributed by atoms with Gasteiger partial charge < -0.3 is 58.4 Å². The first-order chi connectivity index (χ1) is 55.5. The molecule has 4 unspecified atom stereocenters. The maximum absolute atomic E-state index is 12.5. The first-order valence-electron chi connectivity index (χ1n) is 46.1. The zero-order valence-corrected chi connectivity index (χ0v) is 75.7. The molecule has 4 aliphatic carbocycles. The highest BCUT2D eigenvalue weighted by molar-refractivity contribution is 5.29. The molecule has 4 atom stereocenters. The Hall–Kier alpha value is -5.44. The molecule has 16 heteroatoms. The number of hydroxylamine groups is 12. The van der Waals surface area contributed by atoms with Gasteiger partial charge in [0.15, 0.2) is 68.2 Å². The molecule has 0 spiro atoms. The first-order valence-corrected chi connectivity index (χ1v) is 46.1. The third kappa shape index (κ3) is 36.5. The van der Waals surface area contributed by atoms with Gasteiger partial charge in [0.25, 0.3) is 0 Å². The lowest BCUT2D eigenvalue weighted by molar-refractivity contribution is -0.901. The van der Waals surface area contributed by atoms with Crippen molar-refractivity contribution >= 4 is 0 Å². The van der Waals surface area contributed by atoms with Gasteiger partial charge in [-0.05, 0) is 147 Å². The quantitative estimate of drug-likeness (QED) is 0.0417. The fourth-order valence-corrected chi connectivity index (χ4v) is 18.0. The van der Waals surface area contributed by atoms with Gasteiger partial charge >= 0.3 is 0 Å². The maximum Gasteiger partial charge on any atom is 0.210 e. The lowest BCUT2D eigenvalue weighted by atomic mass is 9.77. The number of nitrogens with zero attached hydrogens (tertiary/aromatic N) is 8. The average molecular weight is 1610 g/mol. The summed E-state index contributed by atoms with van der Waals surface area (Å²) >= 11 is 0. The lowest BCUT2D eigenvalue weighted by Crippen LogP contribution is -2.53. The fourth-order valence-electron chi connectivity index (χ4n) is 18.0. The van der Waals surface area contributed by atoms with E-state index in [1.807, 2.05) is 24.3 Å². The topological polar surface area (TPSA) is 145 Å². The van der Waals surface area contributed by atoms with Gasteiger partial charge in [0.1, 0.15) is 58.9 Å². The van der Waals surface area contributed by atoms with Gasteiger partial charge in [-0.1, -0.05) is 171 Å². The minimum Gasteiger partial charge on any atom is -0.633 e. The number of benzene rings is 2. The van der Waals surface area contributed by atoms with Crippen LogP contribution in [0.5, 0.6) is 0 Å². The summed E-state index contributed by atoms with van der Waals surface area (Å²) in [5.41, 5.74) is 5.05. The van der Waals surface area contributed by atoms with Crippen molar-refractivity contribution in [3.8, 4) is 5.69 Å². The molecule has 8 fully saturated rings. The van der Waals surface area contributed by atoms with Crippen LogP contribution in [-0.4, -0.2) is 143 Å². The maximum atomic E-state index is 12.5. The number of pyridine rings is 4. The van der Waals surface area contributed by atoms with Crippen LogP contribution in [0.4, 0.5) is 0 Å². The number of quaternary nitrogens is 4. The molecule has 6 aromatic rings. The van der Waals surface area contributed by atoms with Gasteiger partial charge in [-0.25, -0.2) is 13.7 Å². The van der Waals surface area contributed by atoms with Crippen LogP contribution >= 0.6 is 0 Å². The van der Waals surface area contributed by atoms with Crippen molar-refractivity contribution in [1.82, 2.24) is 0 Å². The summed E-state index contributed by atoms with van der Waals surface area (Å²) in [5, 5.41) is 49.1. The minimum absolute atomic E-state index is 0.00941. The normalized spacial score (nSPS) is 24.0. The zero-order valence-electron chi connectivity index (χ0n) is 75.7.